The second-order valence-corrected chi connectivity index (χ2v) is 6.73. The van der Waals surface area contributed by atoms with Crippen molar-refractivity contribution in [1.29, 1.82) is 0 Å². The van der Waals surface area contributed by atoms with Crippen molar-refractivity contribution in [3.63, 3.8) is 0 Å². The fourth-order valence-corrected chi connectivity index (χ4v) is 3.43. The molecule has 0 bridgehead atoms. The van der Waals surface area contributed by atoms with Crippen LogP contribution in [0.4, 0.5) is 0 Å². The van der Waals surface area contributed by atoms with E-state index in [9.17, 15) is 4.79 Å². The van der Waals surface area contributed by atoms with Gasteiger partial charge < -0.3 is 15.2 Å². The first kappa shape index (κ1) is 17.4. The maximum atomic E-state index is 12.6. The minimum absolute atomic E-state index is 0.0435. The predicted molar refractivity (Wildman–Crippen MR) is 99.6 cm³/mol. The van der Waals surface area contributed by atoms with Crippen molar-refractivity contribution in [3.05, 3.63) is 66.3 Å². The molecule has 0 radical (unpaired) electrons. The fourth-order valence-electron chi connectivity index (χ4n) is 3.43. The zero-order valence-corrected chi connectivity index (χ0v) is 14.9. The van der Waals surface area contributed by atoms with Crippen LogP contribution in [0, 0.1) is 0 Å². The molecule has 1 amide bonds. The van der Waals surface area contributed by atoms with Crippen LogP contribution in [0.2, 0.25) is 0 Å². The van der Waals surface area contributed by atoms with E-state index >= 15 is 0 Å². The number of aryl methyl sites for hydroxylation is 1. The van der Waals surface area contributed by atoms with E-state index in [1.165, 1.54) is 5.56 Å². The van der Waals surface area contributed by atoms with Gasteiger partial charge in [-0.2, -0.15) is 4.98 Å². The highest BCUT2D eigenvalue weighted by molar-refractivity contribution is 5.77. The number of aromatic nitrogens is 3. The molecular formula is C20H21N5O2. The lowest BCUT2D eigenvalue weighted by Gasteiger charge is -2.16. The minimum atomic E-state index is -0.0435. The molecule has 2 atom stereocenters. The smallest absolute Gasteiger partial charge is 0.227 e. The number of benzene rings is 1. The predicted octanol–water partition coefficient (Wildman–Crippen LogP) is 2.02. The van der Waals surface area contributed by atoms with Crippen molar-refractivity contribution >= 4 is 5.91 Å². The Morgan fingerprint density at radius 3 is 2.70 bits per heavy atom. The van der Waals surface area contributed by atoms with E-state index < -0.39 is 0 Å². The summed E-state index contributed by atoms with van der Waals surface area (Å²) in [4.78, 5) is 22.8. The first-order valence-electron chi connectivity index (χ1n) is 9.02. The summed E-state index contributed by atoms with van der Waals surface area (Å²) in [5.74, 6) is 1.20. The molecule has 138 valence electrons. The van der Waals surface area contributed by atoms with Crippen LogP contribution < -0.4 is 5.73 Å². The molecule has 3 heterocycles. The molecule has 3 aromatic rings. The normalized spacial score (nSPS) is 19.4. The Morgan fingerprint density at radius 1 is 1.15 bits per heavy atom. The molecular weight excluding hydrogens is 342 g/mol. The number of amides is 1. The number of carbonyl (C=O) groups excluding carboxylic acids is 1. The van der Waals surface area contributed by atoms with E-state index in [0.717, 1.165) is 5.56 Å². The van der Waals surface area contributed by atoms with E-state index in [1.807, 2.05) is 35.2 Å². The summed E-state index contributed by atoms with van der Waals surface area (Å²) in [6.45, 7) is 1.22. The molecule has 1 aliphatic rings. The number of hydrogen-bond acceptors (Lipinski definition) is 6. The van der Waals surface area contributed by atoms with Crippen molar-refractivity contribution in [2.45, 2.75) is 24.8 Å². The van der Waals surface area contributed by atoms with Gasteiger partial charge in [-0.1, -0.05) is 35.5 Å². The molecule has 1 fully saturated rings. The van der Waals surface area contributed by atoms with Crippen molar-refractivity contribution < 1.29 is 9.32 Å². The molecule has 0 unspecified atom stereocenters. The quantitative estimate of drug-likeness (QED) is 0.745. The van der Waals surface area contributed by atoms with Crippen LogP contribution in [0.5, 0.6) is 0 Å². The summed E-state index contributed by atoms with van der Waals surface area (Å²) in [5.41, 5.74) is 8.29. The summed E-state index contributed by atoms with van der Waals surface area (Å²) in [7, 11) is 0. The van der Waals surface area contributed by atoms with Crippen LogP contribution in [-0.4, -0.2) is 45.1 Å². The summed E-state index contributed by atoms with van der Waals surface area (Å²) in [6.07, 6.45) is 4.09. The van der Waals surface area contributed by atoms with Crippen LogP contribution in [0.1, 0.15) is 23.8 Å². The molecule has 4 rings (SSSR count). The Balaban J connectivity index is 1.34. The molecule has 0 spiro atoms. The van der Waals surface area contributed by atoms with Crippen LogP contribution in [0.15, 0.2) is 59.4 Å². The first-order chi connectivity index (χ1) is 13.2. The number of likely N-dealkylation sites (tertiary alicyclic amines) is 1. The van der Waals surface area contributed by atoms with Gasteiger partial charge in [-0.25, -0.2) is 0 Å². The number of hydrogen-bond donors (Lipinski definition) is 1. The highest BCUT2D eigenvalue weighted by Crippen LogP contribution is 2.27. The van der Waals surface area contributed by atoms with Gasteiger partial charge in [0.1, 0.15) is 0 Å². The summed E-state index contributed by atoms with van der Waals surface area (Å²) in [5, 5.41) is 3.97. The van der Waals surface area contributed by atoms with Crippen molar-refractivity contribution in [1.82, 2.24) is 20.0 Å². The molecule has 2 aromatic heterocycles. The molecule has 27 heavy (non-hydrogen) atoms. The van der Waals surface area contributed by atoms with Gasteiger partial charge in [0, 0.05) is 55.8 Å². The number of nitrogens with zero attached hydrogens (tertiary/aromatic N) is 4. The van der Waals surface area contributed by atoms with Gasteiger partial charge in [-0.05, 0) is 17.7 Å². The van der Waals surface area contributed by atoms with Gasteiger partial charge in [0.2, 0.25) is 17.6 Å². The monoisotopic (exact) mass is 363 g/mol. The van der Waals surface area contributed by atoms with Gasteiger partial charge >= 0.3 is 0 Å². The lowest BCUT2D eigenvalue weighted by Crippen LogP contribution is -2.32. The van der Waals surface area contributed by atoms with Gasteiger partial charge in [0.15, 0.2) is 0 Å². The second kappa shape index (κ2) is 7.67. The zero-order valence-electron chi connectivity index (χ0n) is 14.9. The van der Waals surface area contributed by atoms with Crippen LogP contribution in [0.3, 0.4) is 0 Å². The van der Waals surface area contributed by atoms with E-state index in [0.29, 0.717) is 37.6 Å². The third-order valence-corrected chi connectivity index (χ3v) is 4.90. The molecule has 7 heteroatoms. The van der Waals surface area contributed by atoms with Gasteiger partial charge in [-0.15, -0.1) is 0 Å². The maximum absolute atomic E-state index is 12.6. The lowest BCUT2D eigenvalue weighted by molar-refractivity contribution is -0.130. The van der Waals surface area contributed by atoms with E-state index in [1.54, 1.807) is 12.4 Å². The Kier molecular flexibility index (Phi) is 4.93. The molecule has 7 nitrogen and oxygen atoms in total. The van der Waals surface area contributed by atoms with Crippen molar-refractivity contribution in [2.24, 2.45) is 5.73 Å². The molecule has 1 saturated heterocycles. The number of nitrogens with two attached hydrogens (primary N) is 1. The molecule has 1 aromatic carbocycles. The minimum Gasteiger partial charge on any atom is -0.340 e. The number of pyridine rings is 1. The van der Waals surface area contributed by atoms with Crippen LogP contribution in [-0.2, 0) is 11.2 Å². The highest BCUT2D eigenvalue weighted by Gasteiger charge is 2.33. The van der Waals surface area contributed by atoms with E-state index in [4.69, 9.17) is 10.3 Å². The molecule has 0 saturated carbocycles. The third kappa shape index (κ3) is 3.88. The summed E-state index contributed by atoms with van der Waals surface area (Å²) < 4.78 is 5.27. The number of carbonyl (C=O) groups is 1. The van der Waals surface area contributed by atoms with Crippen LogP contribution >= 0.6 is 0 Å². The first-order valence-corrected chi connectivity index (χ1v) is 9.02. The van der Waals surface area contributed by atoms with Gasteiger partial charge in [0.05, 0.1) is 0 Å². The average Bonchev–Trinajstić information content (AvgIpc) is 3.34. The largest absolute Gasteiger partial charge is 0.340 e. The van der Waals surface area contributed by atoms with Gasteiger partial charge in [-0.3, -0.25) is 9.78 Å². The Bertz CT molecular complexity index is 897. The van der Waals surface area contributed by atoms with Crippen molar-refractivity contribution in [2.75, 3.05) is 13.1 Å². The number of rotatable bonds is 5. The Morgan fingerprint density at radius 2 is 1.93 bits per heavy atom. The maximum Gasteiger partial charge on any atom is 0.227 e. The third-order valence-electron chi connectivity index (χ3n) is 4.90. The van der Waals surface area contributed by atoms with Gasteiger partial charge in [0.25, 0.3) is 0 Å². The average molecular weight is 363 g/mol. The molecule has 1 aliphatic heterocycles. The standard InChI is InChI=1S/C20H21N5O2/c21-17-13-25(12-16(17)14-4-2-1-3-5-14)19(26)7-6-18-23-20(24-27-18)15-8-10-22-11-9-15/h1-5,8-11,16-17H,6-7,12-13,21H2/t16-,17+/m0/s1. The summed E-state index contributed by atoms with van der Waals surface area (Å²) in [6, 6.07) is 13.7. The van der Waals surface area contributed by atoms with Crippen LogP contribution in [0.25, 0.3) is 11.4 Å². The highest BCUT2D eigenvalue weighted by atomic mass is 16.5. The SMILES string of the molecule is N[C@@H]1CN(C(=O)CCc2nc(-c3ccncc3)no2)C[C@H]1c1ccccc1. The molecule has 0 aliphatic carbocycles. The topological polar surface area (TPSA) is 98.1 Å². The van der Waals surface area contributed by atoms with E-state index in [-0.39, 0.29) is 17.9 Å². The lowest BCUT2D eigenvalue weighted by atomic mass is 9.95. The fraction of sp³-hybridized carbons (Fsp3) is 0.300. The Labute approximate surface area is 157 Å². The second-order valence-electron chi connectivity index (χ2n) is 6.73. The zero-order chi connectivity index (χ0) is 18.6. The Hall–Kier alpha value is -3.06. The molecule has 2 N–H and O–H groups in total. The summed E-state index contributed by atoms with van der Waals surface area (Å²) >= 11 is 0. The van der Waals surface area contributed by atoms with Crippen molar-refractivity contribution in [3.8, 4) is 11.4 Å². The van der Waals surface area contributed by atoms with E-state index in [2.05, 4.69) is 27.3 Å².